The van der Waals surface area contributed by atoms with E-state index >= 15 is 0 Å². The van der Waals surface area contributed by atoms with Gasteiger partial charge in [-0.05, 0) is 33.6 Å². The third-order valence-electron chi connectivity index (χ3n) is 2.84. The second kappa shape index (κ2) is 7.20. The molecule has 4 nitrogen and oxygen atoms in total. The topological polar surface area (TPSA) is 43.4 Å². The summed E-state index contributed by atoms with van der Waals surface area (Å²) in [5.41, 5.74) is 1.72. The lowest BCUT2D eigenvalue weighted by atomic mass is 10.2. The van der Waals surface area contributed by atoms with Gasteiger partial charge in [0.05, 0.1) is 35.6 Å². The SMILES string of the molecule is COc1ccc(CNc2cnc(Cl)c(Br)c2)c(Cl)c1OC. The highest BCUT2D eigenvalue weighted by Gasteiger charge is 2.13. The summed E-state index contributed by atoms with van der Waals surface area (Å²) in [7, 11) is 3.13. The van der Waals surface area contributed by atoms with Crippen LogP contribution in [-0.4, -0.2) is 19.2 Å². The van der Waals surface area contributed by atoms with E-state index in [1.54, 1.807) is 20.4 Å². The fourth-order valence-electron chi connectivity index (χ4n) is 1.78. The predicted molar refractivity (Wildman–Crippen MR) is 88.8 cm³/mol. The Labute approximate surface area is 141 Å². The first-order valence-electron chi connectivity index (χ1n) is 6.01. The second-order valence-electron chi connectivity index (χ2n) is 4.12. The normalized spacial score (nSPS) is 10.3. The van der Waals surface area contributed by atoms with Crippen LogP contribution in [0.15, 0.2) is 28.9 Å². The molecule has 0 saturated carbocycles. The van der Waals surface area contributed by atoms with Crippen molar-refractivity contribution in [2.24, 2.45) is 0 Å². The number of hydrogen-bond acceptors (Lipinski definition) is 4. The molecule has 0 aliphatic heterocycles. The highest BCUT2D eigenvalue weighted by atomic mass is 79.9. The van der Waals surface area contributed by atoms with Gasteiger partial charge in [-0.25, -0.2) is 4.98 Å². The van der Waals surface area contributed by atoms with E-state index < -0.39 is 0 Å². The molecule has 1 heterocycles. The third-order valence-corrected chi connectivity index (χ3v) is 4.39. The minimum Gasteiger partial charge on any atom is -0.493 e. The second-order valence-corrected chi connectivity index (χ2v) is 5.71. The molecule has 0 saturated heterocycles. The Morgan fingerprint density at radius 1 is 1.24 bits per heavy atom. The average Bonchev–Trinajstić information content (AvgIpc) is 2.49. The van der Waals surface area contributed by atoms with Crippen molar-refractivity contribution in [2.45, 2.75) is 6.54 Å². The molecule has 0 aliphatic carbocycles. The Morgan fingerprint density at radius 3 is 2.62 bits per heavy atom. The molecule has 1 aromatic carbocycles. The number of methoxy groups -OCH3 is 2. The maximum atomic E-state index is 6.32. The third kappa shape index (κ3) is 3.73. The maximum absolute atomic E-state index is 6.32. The van der Waals surface area contributed by atoms with Crippen LogP contribution in [0.3, 0.4) is 0 Å². The van der Waals surface area contributed by atoms with Crippen LogP contribution < -0.4 is 14.8 Å². The van der Waals surface area contributed by atoms with Gasteiger partial charge in [0.25, 0.3) is 0 Å². The number of halogens is 3. The van der Waals surface area contributed by atoms with Crippen LogP contribution in [0.25, 0.3) is 0 Å². The zero-order valence-electron chi connectivity index (χ0n) is 11.4. The lowest BCUT2D eigenvalue weighted by Gasteiger charge is -2.14. The number of rotatable bonds is 5. The van der Waals surface area contributed by atoms with E-state index in [1.165, 1.54) is 0 Å². The fraction of sp³-hybridized carbons (Fsp3) is 0.214. The number of anilines is 1. The monoisotopic (exact) mass is 390 g/mol. The highest BCUT2D eigenvalue weighted by Crippen LogP contribution is 2.37. The summed E-state index contributed by atoms with van der Waals surface area (Å²) in [6.07, 6.45) is 1.65. The number of pyridine rings is 1. The molecule has 0 atom stereocenters. The molecule has 2 aromatic rings. The van der Waals surface area contributed by atoms with Crippen molar-refractivity contribution >= 4 is 44.8 Å². The van der Waals surface area contributed by atoms with Gasteiger partial charge >= 0.3 is 0 Å². The van der Waals surface area contributed by atoms with Crippen molar-refractivity contribution in [3.05, 3.63) is 44.6 Å². The summed E-state index contributed by atoms with van der Waals surface area (Å²) in [6.45, 7) is 0.523. The summed E-state index contributed by atoms with van der Waals surface area (Å²) >= 11 is 15.5. The summed E-state index contributed by atoms with van der Waals surface area (Å²) in [5, 5.41) is 4.17. The lowest BCUT2D eigenvalue weighted by Crippen LogP contribution is -2.02. The van der Waals surface area contributed by atoms with Crippen LogP contribution in [0.4, 0.5) is 5.69 Å². The molecule has 1 N–H and O–H groups in total. The quantitative estimate of drug-likeness (QED) is 0.744. The molecule has 0 unspecified atom stereocenters. The first-order chi connectivity index (χ1) is 10.1. The van der Waals surface area contributed by atoms with Crippen molar-refractivity contribution < 1.29 is 9.47 Å². The highest BCUT2D eigenvalue weighted by molar-refractivity contribution is 9.10. The molecule has 0 aliphatic rings. The Kier molecular flexibility index (Phi) is 5.56. The molecule has 21 heavy (non-hydrogen) atoms. The molecule has 0 radical (unpaired) electrons. The lowest BCUT2D eigenvalue weighted by molar-refractivity contribution is 0.355. The molecule has 0 fully saturated rings. The summed E-state index contributed by atoms with van der Waals surface area (Å²) in [6, 6.07) is 5.55. The molecule has 7 heteroatoms. The van der Waals surface area contributed by atoms with Crippen LogP contribution in [-0.2, 0) is 6.54 Å². The summed E-state index contributed by atoms with van der Waals surface area (Å²) in [4.78, 5) is 4.05. The van der Waals surface area contributed by atoms with Gasteiger partial charge in [-0.2, -0.15) is 0 Å². The van der Waals surface area contributed by atoms with E-state index in [1.807, 2.05) is 18.2 Å². The smallest absolute Gasteiger partial charge is 0.179 e. The van der Waals surface area contributed by atoms with Crippen LogP contribution in [0, 0.1) is 0 Å². The fourth-order valence-corrected chi connectivity index (χ4v) is 2.53. The first-order valence-corrected chi connectivity index (χ1v) is 7.56. The van der Waals surface area contributed by atoms with Crippen LogP contribution in [0.1, 0.15) is 5.56 Å². The van der Waals surface area contributed by atoms with Crippen LogP contribution >= 0.6 is 39.1 Å². The van der Waals surface area contributed by atoms with Crippen LogP contribution in [0.5, 0.6) is 11.5 Å². The first kappa shape index (κ1) is 16.2. The van der Waals surface area contributed by atoms with Crippen molar-refractivity contribution in [1.82, 2.24) is 4.98 Å². The van der Waals surface area contributed by atoms with E-state index in [4.69, 9.17) is 32.7 Å². The molecule has 1 aromatic heterocycles. The standard InChI is InChI=1S/C14H13BrCl2N2O2/c1-20-11-4-3-8(12(16)13(11)21-2)6-18-9-5-10(15)14(17)19-7-9/h3-5,7,18H,6H2,1-2H3. The van der Waals surface area contributed by atoms with Crippen molar-refractivity contribution in [3.63, 3.8) is 0 Å². The van der Waals surface area contributed by atoms with Gasteiger partial charge in [-0.3, -0.25) is 0 Å². The van der Waals surface area contributed by atoms with Gasteiger partial charge in [0.1, 0.15) is 5.15 Å². The van der Waals surface area contributed by atoms with Gasteiger partial charge in [0.2, 0.25) is 0 Å². The van der Waals surface area contributed by atoms with Gasteiger partial charge in [-0.1, -0.05) is 29.3 Å². The van der Waals surface area contributed by atoms with Crippen molar-refractivity contribution in [2.75, 3.05) is 19.5 Å². The van der Waals surface area contributed by atoms with Gasteiger partial charge in [0.15, 0.2) is 11.5 Å². The Balaban J connectivity index is 2.18. The van der Waals surface area contributed by atoms with Gasteiger partial charge in [-0.15, -0.1) is 0 Å². The molecule has 2 rings (SSSR count). The zero-order chi connectivity index (χ0) is 15.4. The summed E-state index contributed by atoms with van der Waals surface area (Å²) < 4.78 is 11.2. The predicted octanol–water partition coefficient (Wildman–Crippen LogP) is 4.78. The Hall–Kier alpha value is -1.17. The van der Waals surface area contributed by atoms with Crippen molar-refractivity contribution in [1.29, 1.82) is 0 Å². The molecule has 0 amide bonds. The number of ether oxygens (including phenoxy) is 2. The summed E-state index contributed by atoms with van der Waals surface area (Å²) in [5.74, 6) is 1.12. The van der Waals surface area contributed by atoms with E-state index in [-0.39, 0.29) is 0 Å². The van der Waals surface area contributed by atoms with Gasteiger partial charge in [0, 0.05) is 6.54 Å². The average molecular weight is 392 g/mol. The van der Waals surface area contributed by atoms with Gasteiger partial charge < -0.3 is 14.8 Å². The maximum Gasteiger partial charge on any atom is 0.179 e. The Morgan fingerprint density at radius 2 is 2.00 bits per heavy atom. The zero-order valence-corrected chi connectivity index (χ0v) is 14.5. The largest absolute Gasteiger partial charge is 0.493 e. The Bertz CT molecular complexity index is 653. The molecular weight excluding hydrogens is 379 g/mol. The number of nitrogens with one attached hydrogen (secondary N) is 1. The van der Waals surface area contributed by atoms with E-state index in [0.717, 1.165) is 15.7 Å². The van der Waals surface area contributed by atoms with E-state index in [0.29, 0.717) is 28.2 Å². The van der Waals surface area contributed by atoms with Crippen LogP contribution in [0.2, 0.25) is 10.2 Å². The minimum atomic E-state index is 0.421. The van der Waals surface area contributed by atoms with E-state index in [9.17, 15) is 0 Å². The number of benzene rings is 1. The minimum absolute atomic E-state index is 0.421. The number of aromatic nitrogens is 1. The molecule has 0 bridgehead atoms. The van der Waals surface area contributed by atoms with E-state index in [2.05, 4.69) is 26.2 Å². The number of hydrogen-bond donors (Lipinski definition) is 1. The number of nitrogens with zero attached hydrogens (tertiary/aromatic N) is 1. The molecule has 112 valence electrons. The molecule has 0 spiro atoms. The van der Waals surface area contributed by atoms with Crippen molar-refractivity contribution in [3.8, 4) is 11.5 Å². The molecular formula is C14H13BrCl2N2O2.